The van der Waals surface area contributed by atoms with Crippen molar-refractivity contribution < 1.29 is 9.21 Å². The van der Waals surface area contributed by atoms with Crippen LogP contribution < -0.4 is 5.32 Å². The lowest BCUT2D eigenvalue weighted by molar-refractivity contribution is 0.0943. The van der Waals surface area contributed by atoms with Crippen molar-refractivity contribution in [2.45, 2.75) is 51.4 Å². The minimum absolute atomic E-state index is 0.0651. The molecule has 5 rings (SSSR count). The normalized spacial score (nSPS) is 17.6. The zero-order valence-electron chi connectivity index (χ0n) is 21.1. The first-order valence-electron chi connectivity index (χ1n) is 12.9. The summed E-state index contributed by atoms with van der Waals surface area (Å²) in [6, 6.07) is 21.3. The van der Waals surface area contributed by atoms with Gasteiger partial charge in [0.05, 0.1) is 11.6 Å². The molecule has 37 heavy (non-hydrogen) atoms. The van der Waals surface area contributed by atoms with Gasteiger partial charge in [-0.15, -0.1) is 0 Å². The number of nitrogens with one attached hydrogen (secondary N) is 1. The number of hydrogen-bond acceptors (Lipinski definition) is 4. The predicted molar refractivity (Wildman–Crippen MR) is 147 cm³/mol. The van der Waals surface area contributed by atoms with Gasteiger partial charge < -0.3 is 9.73 Å². The van der Waals surface area contributed by atoms with Gasteiger partial charge in [0.2, 0.25) is 5.89 Å². The molecule has 3 aromatic carbocycles. The van der Waals surface area contributed by atoms with Crippen LogP contribution in [0, 0.1) is 17.2 Å². The Morgan fingerprint density at radius 1 is 1.08 bits per heavy atom. The molecule has 4 aromatic rings. The molecule has 0 saturated heterocycles. The molecule has 1 fully saturated rings. The SMILES string of the molecule is CC(C)c1cc(C#N)cc2nc(-c3ccc(C(=O)NCC4CCC(c5ccc(Cl)cc5)CC4)cc3)oc12. The minimum atomic E-state index is -0.0651. The van der Waals surface area contributed by atoms with E-state index < -0.39 is 0 Å². The lowest BCUT2D eigenvalue weighted by Crippen LogP contribution is -2.31. The Morgan fingerprint density at radius 3 is 2.43 bits per heavy atom. The zero-order valence-corrected chi connectivity index (χ0v) is 21.9. The van der Waals surface area contributed by atoms with Gasteiger partial charge in [-0.25, -0.2) is 4.98 Å². The lowest BCUT2D eigenvalue weighted by atomic mass is 9.78. The number of oxazole rings is 1. The Hall–Kier alpha value is -3.62. The van der Waals surface area contributed by atoms with Gasteiger partial charge in [-0.3, -0.25) is 4.79 Å². The van der Waals surface area contributed by atoms with Gasteiger partial charge in [-0.1, -0.05) is 37.6 Å². The summed E-state index contributed by atoms with van der Waals surface area (Å²) < 4.78 is 6.09. The van der Waals surface area contributed by atoms with Crippen LogP contribution in [0.25, 0.3) is 22.6 Å². The first-order valence-corrected chi connectivity index (χ1v) is 13.3. The van der Waals surface area contributed by atoms with Crippen molar-refractivity contribution in [1.29, 1.82) is 5.26 Å². The first-order chi connectivity index (χ1) is 17.9. The van der Waals surface area contributed by atoms with E-state index in [1.54, 1.807) is 18.2 Å². The molecule has 1 aliphatic rings. The molecular weight excluding hydrogens is 482 g/mol. The number of benzene rings is 3. The van der Waals surface area contributed by atoms with E-state index in [-0.39, 0.29) is 11.8 Å². The molecular formula is C31H30ClN3O2. The van der Waals surface area contributed by atoms with Crippen molar-refractivity contribution in [2.24, 2.45) is 5.92 Å². The van der Waals surface area contributed by atoms with Crippen LogP contribution in [0.3, 0.4) is 0 Å². The Kier molecular flexibility index (Phi) is 7.30. The second kappa shape index (κ2) is 10.8. The van der Waals surface area contributed by atoms with Crippen molar-refractivity contribution in [2.75, 3.05) is 6.54 Å². The van der Waals surface area contributed by atoms with Gasteiger partial charge in [0.1, 0.15) is 5.52 Å². The minimum Gasteiger partial charge on any atom is -0.436 e. The topological polar surface area (TPSA) is 78.9 Å². The van der Waals surface area contributed by atoms with Crippen LogP contribution in [-0.4, -0.2) is 17.4 Å². The van der Waals surface area contributed by atoms with Gasteiger partial charge in [-0.2, -0.15) is 5.26 Å². The molecule has 1 aromatic heterocycles. The van der Waals surface area contributed by atoms with E-state index >= 15 is 0 Å². The van der Waals surface area contributed by atoms with Crippen LogP contribution in [0.4, 0.5) is 0 Å². The molecule has 0 bridgehead atoms. The summed E-state index contributed by atoms with van der Waals surface area (Å²) in [6.45, 7) is 4.83. The van der Waals surface area contributed by atoms with Crippen LogP contribution in [0.1, 0.15) is 78.4 Å². The Balaban J connectivity index is 1.19. The number of amides is 1. The third-order valence-corrected chi connectivity index (χ3v) is 7.66. The summed E-state index contributed by atoms with van der Waals surface area (Å²) in [7, 11) is 0. The van der Waals surface area contributed by atoms with Crippen molar-refractivity contribution in [3.05, 3.63) is 87.9 Å². The number of halogens is 1. The first kappa shape index (κ1) is 25.0. The Morgan fingerprint density at radius 2 is 1.78 bits per heavy atom. The van der Waals surface area contributed by atoms with Crippen LogP contribution >= 0.6 is 11.6 Å². The third kappa shape index (κ3) is 5.55. The Bertz CT molecular complexity index is 1440. The van der Waals surface area contributed by atoms with E-state index in [4.69, 9.17) is 16.0 Å². The molecule has 0 atom stereocenters. The summed E-state index contributed by atoms with van der Waals surface area (Å²) >= 11 is 6.02. The van der Waals surface area contributed by atoms with Crippen LogP contribution in [-0.2, 0) is 0 Å². The van der Waals surface area contributed by atoms with E-state index in [0.29, 0.717) is 46.5 Å². The molecule has 188 valence electrons. The molecule has 0 unspecified atom stereocenters. The van der Waals surface area contributed by atoms with Crippen molar-refractivity contribution >= 4 is 28.6 Å². The van der Waals surface area contributed by atoms with Crippen LogP contribution in [0.2, 0.25) is 5.02 Å². The molecule has 1 N–H and O–H groups in total. The maximum absolute atomic E-state index is 12.8. The highest BCUT2D eigenvalue weighted by Gasteiger charge is 2.23. The van der Waals surface area contributed by atoms with Gasteiger partial charge in [0.15, 0.2) is 5.58 Å². The molecule has 5 nitrogen and oxygen atoms in total. The number of hydrogen-bond donors (Lipinski definition) is 1. The Labute approximate surface area is 222 Å². The number of aromatic nitrogens is 1. The third-order valence-electron chi connectivity index (χ3n) is 7.40. The van der Waals surface area contributed by atoms with Gasteiger partial charge in [0, 0.05) is 28.3 Å². The van der Waals surface area contributed by atoms with Crippen LogP contribution in [0.5, 0.6) is 0 Å². The molecule has 1 heterocycles. The maximum atomic E-state index is 12.8. The highest BCUT2D eigenvalue weighted by molar-refractivity contribution is 6.30. The molecule has 0 aliphatic heterocycles. The zero-order chi connectivity index (χ0) is 25.9. The highest BCUT2D eigenvalue weighted by Crippen LogP contribution is 2.36. The molecule has 0 spiro atoms. The number of carbonyl (C=O) groups is 1. The largest absolute Gasteiger partial charge is 0.436 e. The number of carbonyl (C=O) groups excluding carboxylic acids is 1. The molecule has 1 amide bonds. The standard InChI is InChI=1S/C31H30ClN3O2/c1-19(2)27-15-21(17-33)16-28-29(27)37-31(35-28)25-9-7-24(8-10-25)30(36)34-18-20-3-5-22(6-4-20)23-11-13-26(32)14-12-23/h7-16,19-20,22H,3-6,18H2,1-2H3,(H,34,36). The van der Waals surface area contributed by atoms with E-state index in [0.717, 1.165) is 41.8 Å². The van der Waals surface area contributed by atoms with Crippen molar-refractivity contribution in [3.8, 4) is 17.5 Å². The average Bonchev–Trinajstić information content (AvgIpc) is 3.36. The van der Waals surface area contributed by atoms with Crippen molar-refractivity contribution in [1.82, 2.24) is 10.3 Å². The fraction of sp³-hybridized carbons (Fsp3) is 0.323. The summed E-state index contributed by atoms with van der Waals surface area (Å²) in [5, 5.41) is 13.2. The molecule has 6 heteroatoms. The summed E-state index contributed by atoms with van der Waals surface area (Å²) in [5.41, 5.74) is 5.68. The second-order valence-corrected chi connectivity index (χ2v) is 10.7. The number of nitrogens with zero attached hydrogens (tertiary/aromatic N) is 2. The molecule has 0 radical (unpaired) electrons. The average molecular weight is 512 g/mol. The highest BCUT2D eigenvalue weighted by atomic mass is 35.5. The van der Waals surface area contributed by atoms with E-state index in [1.165, 1.54) is 5.56 Å². The van der Waals surface area contributed by atoms with Crippen molar-refractivity contribution in [3.63, 3.8) is 0 Å². The predicted octanol–water partition coefficient (Wildman–Crippen LogP) is 7.85. The monoisotopic (exact) mass is 511 g/mol. The number of fused-ring (bicyclic) bond motifs is 1. The smallest absolute Gasteiger partial charge is 0.251 e. The molecule has 1 saturated carbocycles. The van der Waals surface area contributed by atoms with Gasteiger partial charge >= 0.3 is 0 Å². The number of nitriles is 1. The van der Waals surface area contributed by atoms with Gasteiger partial charge in [0.25, 0.3) is 5.91 Å². The molecule has 1 aliphatic carbocycles. The second-order valence-electron chi connectivity index (χ2n) is 10.3. The summed E-state index contributed by atoms with van der Waals surface area (Å²) in [5.74, 6) is 1.70. The van der Waals surface area contributed by atoms with E-state index in [2.05, 4.69) is 42.4 Å². The van der Waals surface area contributed by atoms with Crippen LogP contribution in [0.15, 0.2) is 65.1 Å². The quantitative estimate of drug-likeness (QED) is 0.286. The fourth-order valence-corrected chi connectivity index (χ4v) is 5.34. The summed E-state index contributed by atoms with van der Waals surface area (Å²) in [6.07, 6.45) is 4.48. The van der Waals surface area contributed by atoms with Gasteiger partial charge in [-0.05, 0) is 97.5 Å². The maximum Gasteiger partial charge on any atom is 0.251 e. The summed E-state index contributed by atoms with van der Waals surface area (Å²) in [4.78, 5) is 17.4. The lowest BCUT2D eigenvalue weighted by Gasteiger charge is -2.29. The fourth-order valence-electron chi connectivity index (χ4n) is 5.21. The van der Waals surface area contributed by atoms with E-state index in [9.17, 15) is 10.1 Å². The van der Waals surface area contributed by atoms with E-state index in [1.807, 2.05) is 30.3 Å². The number of rotatable bonds is 6.